The van der Waals surface area contributed by atoms with Gasteiger partial charge in [-0.15, -0.1) is 0 Å². The third-order valence-electron chi connectivity index (χ3n) is 3.19. The number of ether oxygens (including phenoxy) is 1. The van der Waals surface area contributed by atoms with Gasteiger partial charge in [0, 0.05) is 5.02 Å². The van der Waals surface area contributed by atoms with Gasteiger partial charge in [0.05, 0.1) is 6.21 Å². The number of carbonyl (C=O) groups is 1. The quantitative estimate of drug-likeness (QED) is 0.643. The van der Waals surface area contributed by atoms with Gasteiger partial charge < -0.3 is 4.74 Å². The molecule has 0 atom stereocenters. The summed E-state index contributed by atoms with van der Waals surface area (Å²) in [5.41, 5.74) is 4.50. The van der Waals surface area contributed by atoms with E-state index in [9.17, 15) is 4.79 Å². The van der Waals surface area contributed by atoms with Crippen LogP contribution in [0.25, 0.3) is 0 Å². The summed E-state index contributed by atoms with van der Waals surface area (Å²) in [7, 11) is 0. The summed E-state index contributed by atoms with van der Waals surface area (Å²) in [5, 5.41) is 4.53. The lowest BCUT2D eigenvalue weighted by Gasteiger charge is -2.08. The van der Waals surface area contributed by atoms with Gasteiger partial charge in [-0.25, -0.2) is 5.43 Å². The van der Waals surface area contributed by atoms with Crippen molar-refractivity contribution in [3.05, 3.63) is 64.7 Å². The maximum Gasteiger partial charge on any atom is 0.277 e. The summed E-state index contributed by atoms with van der Waals surface area (Å²) in [5.74, 6) is 0.809. The molecule has 0 aliphatic carbocycles. The van der Waals surface area contributed by atoms with Crippen molar-refractivity contribution in [1.82, 2.24) is 5.43 Å². The van der Waals surface area contributed by atoms with Gasteiger partial charge in [-0.05, 0) is 41.3 Å². The largest absolute Gasteiger partial charge is 0.484 e. The monoisotopic (exact) mass is 330 g/mol. The number of halogens is 1. The Bertz CT molecular complexity index is 664. The van der Waals surface area contributed by atoms with Crippen molar-refractivity contribution < 1.29 is 9.53 Å². The Labute approximate surface area is 141 Å². The number of nitrogens with zero attached hydrogens (tertiary/aromatic N) is 1. The van der Waals surface area contributed by atoms with Crippen LogP contribution >= 0.6 is 11.6 Å². The van der Waals surface area contributed by atoms with Crippen LogP contribution in [0.3, 0.4) is 0 Å². The SMILES string of the molecule is CC(C)c1ccc(OCC(=O)NN=Cc2ccc(Cl)cc2)cc1. The molecule has 0 aliphatic rings. The molecule has 2 aromatic carbocycles. The normalized spacial score (nSPS) is 11.0. The number of hydrogen-bond donors (Lipinski definition) is 1. The van der Waals surface area contributed by atoms with E-state index in [0.717, 1.165) is 5.56 Å². The maximum atomic E-state index is 11.7. The molecule has 0 aromatic heterocycles. The fourth-order valence-electron chi connectivity index (χ4n) is 1.86. The molecule has 0 fully saturated rings. The molecular formula is C18H19ClN2O2. The van der Waals surface area contributed by atoms with Gasteiger partial charge in [0.15, 0.2) is 6.61 Å². The summed E-state index contributed by atoms with van der Waals surface area (Å²) in [4.78, 5) is 11.7. The van der Waals surface area contributed by atoms with E-state index < -0.39 is 0 Å². The highest BCUT2D eigenvalue weighted by Crippen LogP contribution is 2.18. The van der Waals surface area contributed by atoms with Crippen LogP contribution in [0.15, 0.2) is 53.6 Å². The van der Waals surface area contributed by atoms with Crippen molar-refractivity contribution >= 4 is 23.7 Å². The molecule has 0 spiro atoms. The van der Waals surface area contributed by atoms with Crippen molar-refractivity contribution in [2.24, 2.45) is 5.10 Å². The lowest BCUT2D eigenvalue weighted by atomic mass is 10.0. The summed E-state index contributed by atoms with van der Waals surface area (Å²) in [6.45, 7) is 4.17. The zero-order chi connectivity index (χ0) is 16.7. The second-order valence-electron chi connectivity index (χ2n) is 5.36. The third kappa shape index (κ3) is 5.75. The van der Waals surface area contributed by atoms with E-state index in [1.54, 1.807) is 18.3 Å². The number of hydrogen-bond acceptors (Lipinski definition) is 3. The first-order valence-electron chi connectivity index (χ1n) is 7.35. The van der Waals surface area contributed by atoms with Crippen LogP contribution in [0, 0.1) is 0 Å². The number of amides is 1. The highest BCUT2D eigenvalue weighted by molar-refractivity contribution is 6.30. The predicted octanol–water partition coefficient (Wildman–Crippen LogP) is 3.99. The predicted molar refractivity (Wildman–Crippen MR) is 93.2 cm³/mol. The van der Waals surface area contributed by atoms with E-state index in [2.05, 4.69) is 24.4 Å². The first-order valence-corrected chi connectivity index (χ1v) is 7.72. The summed E-state index contributed by atoms with van der Waals surface area (Å²) < 4.78 is 5.42. The minimum Gasteiger partial charge on any atom is -0.484 e. The zero-order valence-corrected chi connectivity index (χ0v) is 13.9. The molecule has 120 valence electrons. The average Bonchev–Trinajstić information content (AvgIpc) is 2.55. The van der Waals surface area contributed by atoms with Gasteiger partial charge in [0.2, 0.25) is 0 Å². The van der Waals surface area contributed by atoms with Gasteiger partial charge in [-0.3, -0.25) is 4.79 Å². The average molecular weight is 331 g/mol. The Balaban J connectivity index is 1.77. The molecule has 5 heteroatoms. The molecule has 23 heavy (non-hydrogen) atoms. The van der Waals surface area contributed by atoms with Crippen LogP contribution < -0.4 is 10.2 Å². The van der Waals surface area contributed by atoms with Gasteiger partial charge >= 0.3 is 0 Å². The van der Waals surface area contributed by atoms with Gasteiger partial charge in [-0.1, -0.05) is 49.7 Å². The second-order valence-corrected chi connectivity index (χ2v) is 5.79. The molecule has 0 aliphatic heterocycles. The first kappa shape index (κ1) is 17.0. The number of nitrogens with one attached hydrogen (secondary N) is 1. The Morgan fingerprint density at radius 1 is 1.17 bits per heavy atom. The highest BCUT2D eigenvalue weighted by Gasteiger charge is 2.03. The van der Waals surface area contributed by atoms with E-state index in [0.29, 0.717) is 16.7 Å². The number of hydrazone groups is 1. The van der Waals surface area contributed by atoms with Crippen molar-refractivity contribution in [2.75, 3.05) is 6.61 Å². The molecular weight excluding hydrogens is 312 g/mol. The fourth-order valence-corrected chi connectivity index (χ4v) is 1.98. The lowest BCUT2D eigenvalue weighted by Crippen LogP contribution is -2.24. The van der Waals surface area contributed by atoms with E-state index in [4.69, 9.17) is 16.3 Å². The van der Waals surface area contributed by atoms with Crippen molar-refractivity contribution in [3.8, 4) is 5.75 Å². The summed E-state index contributed by atoms with van der Waals surface area (Å²) in [6.07, 6.45) is 1.55. The fraction of sp³-hybridized carbons (Fsp3) is 0.222. The van der Waals surface area contributed by atoms with E-state index >= 15 is 0 Å². The van der Waals surface area contributed by atoms with Crippen LogP contribution in [0.2, 0.25) is 5.02 Å². The minimum absolute atomic E-state index is 0.0843. The molecule has 4 nitrogen and oxygen atoms in total. The number of rotatable bonds is 6. The van der Waals surface area contributed by atoms with Crippen molar-refractivity contribution in [1.29, 1.82) is 0 Å². The standard InChI is InChI=1S/C18H19ClN2O2/c1-13(2)15-5-9-17(10-6-15)23-12-18(22)21-20-11-14-3-7-16(19)8-4-14/h3-11,13H,12H2,1-2H3,(H,21,22). The van der Waals surface area contributed by atoms with Crippen LogP contribution in [-0.2, 0) is 4.79 Å². The Morgan fingerprint density at radius 2 is 1.83 bits per heavy atom. The highest BCUT2D eigenvalue weighted by atomic mass is 35.5. The molecule has 1 amide bonds. The van der Waals surface area contributed by atoms with E-state index in [1.165, 1.54) is 5.56 Å². The lowest BCUT2D eigenvalue weighted by molar-refractivity contribution is -0.123. The number of carbonyl (C=O) groups excluding carboxylic acids is 1. The topological polar surface area (TPSA) is 50.7 Å². The van der Waals surface area contributed by atoms with Crippen molar-refractivity contribution in [3.63, 3.8) is 0 Å². The van der Waals surface area contributed by atoms with Gasteiger partial charge in [0.1, 0.15) is 5.75 Å². The van der Waals surface area contributed by atoms with Crippen LogP contribution in [0.1, 0.15) is 30.9 Å². The Morgan fingerprint density at radius 3 is 2.43 bits per heavy atom. The van der Waals surface area contributed by atoms with E-state index in [1.807, 2.05) is 36.4 Å². The summed E-state index contributed by atoms with van der Waals surface area (Å²) >= 11 is 5.79. The Hall–Kier alpha value is -2.33. The smallest absolute Gasteiger partial charge is 0.277 e. The molecule has 2 rings (SSSR count). The van der Waals surface area contributed by atoms with Crippen LogP contribution in [0.5, 0.6) is 5.75 Å². The van der Waals surface area contributed by atoms with Gasteiger partial charge in [-0.2, -0.15) is 5.10 Å². The zero-order valence-electron chi connectivity index (χ0n) is 13.1. The molecule has 2 aromatic rings. The van der Waals surface area contributed by atoms with Gasteiger partial charge in [0.25, 0.3) is 5.91 Å². The van der Waals surface area contributed by atoms with Crippen LogP contribution in [-0.4, -0.2) is 18.7 Å². The van der Waals surface area contributed by atoms with Crippen molar-refractivity contribution in [2.45, 2.75) is 19.8 Å². The molecule has 1 N–H and O–H groups in total. The molecule has 0 saturated carbocycles. The summed E-state index contributed by atoms with van der Waals surface area (Å²) in [6, 6.07) is 14.9. The van der Waals surface area contributed by atoms with E-state index in [-0.39, 0.29) is 12.5 Å². The first-order chi connectivity index (χ1) is 11.0. The molecule has 0 unspecified atom stereocenters. The number of benzene rings is 2. The maximum absolute atomic E-state index is 11.7. The second kappa shape index (κ2) is 8.34. The molecule has 0 heterocycles. The minimum atomic E-state index is -0.317. The van der Waals surface area contributed by atoms with Crippen LogP contribution in [0.4, 0.5) is 0 Å². The third-order valence-corrected chi connectivity index (χ3v) is 3.44. The molecule has 0 saturated heterocycles. The molecule has 0 bridgehead atoms. The molecule has 0 radical (unpaired) electrons. The Kier molecular flexibility index (Phi) is 6.18.